The molecule has 0 fully saturated rings. The molecule has 0 aromatic carbocycles. The Morgan fingerprint density at radius 1 is 0.519 bits per heavy atom. The van der Waals surface area contributed by atoms with Crippen LogP contribution in [0.2, 0.25) is 34.8 Å². The molecular weight excluding hydrogens is 417 g/mol. The first-order valence-corrected chi connectivity index (χ1v) is 16.9. The van der Waals surface area contributed by atoms with E-state index in [1.165, 1.54) is 0 Å². The minimum atomic E-state index is -2.12. The molecule has 0 aliphatic heterocycles. The van der Waals surface area contributed by atoms with Crippen molar-refractivity contribution in [3.63, 3.8) is 0 Å². The smallest absolute Gasteiger partial charge is 0.323 e. The molecule has 0 rings (SSSR count). The van der Waals surface area contributed by atoms with E-state index in [0.717, 1.165) is 18.1 Å². The van der Waals surface area contributed by atoms with Crippen LogP contribution in [0.4, 0.5) is 0 Å². The topological polar surface area (TPSA) is 64.6 Å². The number of rotatable bonds is 16. The molecule has 0 aliphatic rings. The molecule has 3 unspecified atom stereocenters. The van der Waals surface area contributed by atoms with Crippen molar-refractivity contribution in [3.05, 3.63) is 0 Å². The van der Waals surface area contributed by atoms with Crippen LogP contribution in [0, 0.1) is 0 Å². The van der Waals surface area contributed by atoms with Gasteiger partial charge in [0.05, 0.1) is 0 Å². The number of hydrogen-bond donors (Lipinski definition) is 0. The van der Waals surface area contributed by atoms with Crippen LogP contribution in [0.5, 0.6) is 0 Å². The van der Waals surface area contributed by atoms with Crippen LogP contribution in [-0.4, -0.2) is 85.9 Å². The molecule has 11 heteroatoms. The fraction of sp³-hybridized carbons (Fsp3) is 1.00. The Hall–Kier alpha value is 0.588. The predicted molar refractivity (Wildman–Crippen MR) is 119 cm³/mol. The van der Waals surface area contributed by atoms with Crippen LogP contribution < -0.4 is 0 Å². The quantitative estimate of drug-likeness (QED) is 0.329. The summed E-state index contributed by atoms with van der Waals surface area (Å²) in [7, 11) is 5.07. The van der Waals surface area contributed by atoms with Crippen LogP contribution in [0.3, 0.4) is 0 Å². The Morgan fingerprint density at radius 2 is 0.741 bits per heavy atom. The van der Waals surface area contributed by atoms with Gasteiger partial charge in [-0.3, -0.25) is 0 Å². The van der Waals surface area contributed by atoms with E-state index in [2.05, 4.69) is 20.8 Å². The molecule has 0 aromatic rings. The summed E-state index contributed by atoms with van der Waals surface area (Å²) in [4.78, 5) is 0. The van der Waals surface area contributed by atoms with Crippen molar-refractivity contribution in [3.8, 4) is 0 Å². The van der Waals surface area contributed by atoms with Gasteiger partial charge in [0.15, 0.2) is 8.32 Å². The Kier molecular flexibility index (Phi) is 14.9. The minimum absolute atomic E-state index is 0.362. The molecule has 164 valence electrons. The van der Waals surface area contributed by atoms with Crippen molar-refractivity contribution >= 4 is 36.2 Å². The molecule has 0 radical (unpaired) electrons. The lowest BCUT2D eigenvalue weighted by Gasteiger charge is -2.38. The Labute approximate surface area is 172 Å². The maximum absolute atomic E-state index is 6.34. The summed E-state index contributed by atoms with van der Waals surface area (Å²) in [5, 5.41) is 0. The van der Waals surface area contributed by atoms with Crippen molar-refractivity contribution in [2.24, 2.45) is 0 Å². The summed E-state index contributed by atoms with van der Waals surface area (Å²) in [6.07, 6.45) is 0. The van der Waals surface area contributed by atoms with Crippen LogP contribution in [0.25, 0.3) is 0 Å². The Bertz CT molecular complexity index is 318. The summed E-state index contributed by atoms with van der Waals surface area (Å²) in [5.41, 5.74) is 1.09. The van der Waals surface area contributed by atoms with Gasteiger partial charge in [0.25, 0.3) is 0 Å². The Balaban J connectivity index is 5.58. The minimum Gasteiger partial charge on any atom is -0.420 e. The summed E-state index contributed by atoms with van der Waals surface area (Å²) in [6.45, 7) is 6.68. The third kappa shape index (κ3) is 8.86. The van der Waals surface area contributed by atoms with E-state index >= 15 is 0 Å². The van der Waals surface area contributed by atoms with Crippen LogP contribution in [-0.2, 0) is 31.0 Å². The van der Waals surface area contributed by atoms with Crippen molar-refractivity contribution in [2.45, 2.75) is 55.5 Å². The van der Waals surface area contributed by atoms with Crippen LogP contribution in [0.1, 0.15) is 20.8 Å². The first-order valence-electron chi connectivity index (χ1n) is 9.49. The second-order valence-electron chi connectivity index (χ2n) is 7.45. The zero-order chi connectivity index (χ0) is 21.0. The lowest BCUT2D eigenvalue weighted by Crippen LogP contribution is -2.46. The van der Waals surface area contributed by atoms with Gasteiger partial charge in [0.2, 0.25) is 0 Å². The third-order valence-corrected chi connectivity index (χ3v) is 18.0. The summed E-state index contributed by atoms with van der Waals surface area (Å²) >= 11 is 0. The molecule has 3 atom stereocenters. The van der Waals surface area contributed by atoms with Gasteiger partial charge in [-0.2, -0.15) is 0 Å². The molecule has 0 aromatic heterocycles. The Morgan fingerprint density at radius 3 is 0.889 bits per heavy atom. The summed E-state index contributed by atoms with van der Waals surface area (Å²) in [5.74, 6) is 0. The lowest BCUT2D eigenvalue weighted by molar-refractivity contribution is 0.262. The van der Waals surface area contributed by atoms with Crippen molar-refractivity contribution < 1.29 is 31.0 Å². The van der Waals surface area contributed by atoms with E-state index in [4.69, 9.17) is 31.0 Å². The zero-order valence-electron chi connectivity index (χ0n) is 18.9. The van der Waals surface area contributed by atoms with Gasteiger partial charge in [0, 0.05) is 49.8 Å². The molecule has 0 amide bonds. The fourth-order valence-corrected chi connectivity index (χ4v) is 18.3. The van der Waals surface area contributed by atoms with Gasteiger partial charge in [-0.1, -0.05) is 20.8 Å². The van der Waals surface area contributed by atoms with E-state index in [1.54, 1.807) is 42.7 Å². The molecular formula is C16H42O7Si4. The average molecular weight is 459 g/mol. The molecule has 0 saturated heterocycles. The fourth-order valence-electron chi connectivity index (χ4n) is 4.23. The van der Waals surface area contributed by atoms with E-state index in [0.29, 0.717) is 16.6 Å². The van der Waals surface area contributed by atoms with Gasteiger partial charge in [-0.25, -0.2) is 0 Å². The maximum Gasteiger partial charge on any atom is 0.323 e. The molecule has 0 spiro atoms. The average Bonchev–Trinajstić information content (AvgIpc) is 2.64. The monoisotopic (exact) mass is 458 g/mol. The summed E-state index contributed by atoms with van der Waals surface area (Å²) in [6, 6.07) is 3.00. The van der Waals surface area contributed by atoms with Crippen LogP contribution in [0.15, 0.2) is 0 Å². The highest BCUT2D eigenvalue weighted by atomic mass is 28.4. The van der Waals surface area contributed by atoms with Gasteiger partial charge in [0.1, 0.15) is 0 Å². The molecule has 0 heterocycles. The highest BCUT2D eigenvalue weighted by Gasteiger charge is 2.44. The van der Waals surface area contributed by atoms with E-state index in [9.17, 15) is 0 Å². The second kappa shape index (κ2) is 14.6. The largest absolute Gasteiger partial charge is 0.420 e. The normalized spacial score (nSPS) is 18.1. The molecule has 0 bridgehead atoms. The van der Waals surface area contributed by atoms with Crippen molar-refractivity contribution in [1.29, 1.82) is 0 Å². The molecule has 0 saturated carbocycles. The van der Waals surface area contributed by atoms with E-state index < -0.39 is 36.2 Å². The second-order valence-corrected chi connectivity index (χ2v) is 19.9. The van der Waals surface area contributed by atoms with Crippen molar-refractivity contribution in [1.82, 2.24) is 0 Å². The van der Waals surface area contributed by atoms with Gasteiger partial charge in [-0.15, -0.1) is 0 Å². The van der Waals surface area contributed by atoms with Gasteiger partial charge < -0.3 is 31.0 Å². The number of hydrogen-bond acceptors (Lipinski definition) is 7. The maximum atomic E-state index is 6.34. The van der Waals surface area contributed by atoms with Crippen molar-refractivity contribution in [2.75, 3.05) is 49.8 Å². The lowest BCUT2D eigenvalue weighted by atomic mass is 10.5. The van der Waals surface area contributed by atoms with E-state index in [-0.39, 0.29) is 0 Å². The molecule has 0 aliphatic carbocycles. The summed E-state index contributed by atoms with van der Waals surface area (Å²) < 4.78 is 40.2. The highest BCUT2D eigenvalue weighted by Crippen LogP contribution is 2.40. The van der Waals surface area contributed by atoms with E-state index in [1.807, 2.05) is 7.11 Å². The van der Waals surface area contributed by atoms with Gasteiger partial charge >= 0.3 is 27.9 Å². The third-order valence-electron chi connectivity index (χ3n) is 5.30. The zero-order valence-corrected chi connectivity index (χ0v) is 23.4. The predicted octanol–water partition coefficient (Wildman–Crippen LogP) is 2.29. The molecule has 7 nitrogen and oxygen atoms in total. The molecule has 27 heavy (non-hydrogen) atoms. The standard InChI is InChI=1S/C16H42O7Si4/c1-14(24(17-4)18-5)11-27(23-10,12-15(2)25(19-6)20-7)13-16(3)26(21-8)22-9/h14-16,24-26H,11-13H2,1-10H3. The SMILES string of the molecule is CO[SiH](OC)C(C)C[Si](CC(C)[SiH](OC)OC)(CC(C)[SiH](OC)OC)OC. The first kappa shape index (κ1) is 27.6. The van der Waals surface area contributed by atoms with Crippen LogP contribution >= 0.6 is 0 Å². The van der Waals surface area contributed by atoms with Gasteiger partial charge in [-0.05, 0) is 34.8 Å². The first-order chi connectivity index (χ1) is 12.8. The highest BCUT2D eigenvalue weighted by molar-refractivity contribution is 6.77. The molecule has 0 N–H and O–H groups in total.